The van der Waals surface area contributed by atoms with Crippen LogP contribution in [0.15, 0.2) is 40.2 Å². The number of hydrogen-bond donors (Lipinski definition) is 1. The first-order chi connectivity index (χ1) is 12.1. The fourth-order valence-corrected chi connectivity index (χ4v) is 3.22. The molecule has 1 aliphatic heterocycles. The minimum absolute atomic E-state index is 0.118. The smallest absolute Gasteiger partial charge is 0.251 e. The zero-order valence-corrected chi connectivity index (χ0v) is 13.6. The van der Waals surface area contributed by atoms with Gasteiger partial charge in [0, 0.05) is 30.6 Å². The van der Waals surface area contributed by atoms with E-state index in [0.717, 1.165) is 10.9 Å². The van der Waals surface area contributed by atoms with E-state index in [-0.39, 0.29) is 11.6 Å². The average Bonchev–Trinajstić information content (AvgIpc) is 2.62. The van der Waals surface area contributed by atoms with Crippen LogP contribution in [0, 0.1) is 11.3 Å². The molecule has 1 saturated heterocycles. The molecule has 0 amide bonds. The SMILES string of the molecule is N#Cc1ccc2ccc(=O)n(CCN3CC[C@@H](N=[N+]=[N-])[C@@H](O)C3)c2c1. The van der Waals surface area contributed by atoms with Crippen LogP contribution in [0.1, 0.15) is 12.0 Å². The Morgan fingerprint density at radius 1 is 1.36 bits per heavy atom. The van der Waals surface area contributed by atoms with Crippen LogP contribution < -0.4 is 5.56 Å². The van der Waals surface area contributed by atoms with Gasteiger partial charge in [-0.25, -0.2) is 0 Å². The van der Waals surface area contributed by atoms with Gasteiger partial charge >= 0.3 is 0 Å². The lowest BCUT2D eigenvalue weighted by Crippen LogP contribution is -2.47. The number of piperidine rings is 1. The van der Waals surface area contributed by atoms with Gasteiger partial charge in [-0.2, -0.15) is 5.26 Å². The first-order valence-electron chi connectivity index (χ1n) is 8.10. The Kier molecular flexibility index (Phi) is 5.00. The molecule has 8 nitrogen and oxygen atoms in total. The third-order valence-electron chi connectivity index (χ3n) is 4.59. The van der Waals surface area contributed by atoms with Gasteiger partial charge in [0.25, 0.3) is 5.56 Å². The van der Waals surface area contributed by atoms with Crippen molar-refractivity contribution in [1.29, 1.82) is 5.26 Å². The second kappa shape index (κ2) is 7.36. The van der Waals surface area contributed by atoms with Gasteiger partial charge in [0.1, 0.15) is 0 Å². The van der Waals surface area contributed by atoms with E-state index in [4.69, 9.17) is 10.8 Å². The van der Waals surface area contributed by atoms with Gasteiger partial charge in [0.15, 0.2) is 0 Å². The number of β-amino-alcohol motifs (C(OH)–C–C–N with tert-alkyl or cyclic N) is 1. The summed E-state index contributed by atoms with van der Waals surface area (Å²) >= 11 is 0. The highest BCUT2D eigenvalue weighted by molar-refractivity contribution is 5.80. The van der Waals surface area contributed by atoms with Crippen LogP contribution in [0.25, 0.3) is 21.3 Å². The monoisotopic (exact) mass is 338 g/mol. The van der Waals surface area contributed by atoms with E-state index in [1.807, 2.05) is 11.0 Å². The molecule has 1 aromatic carbocycles. The summed E-state index contributed by atoms with van der Waals surface area (Å²) in [5.41, 5.74) is 9.63. The van der Waals surface area contributed by atoms with E-state index in [9.17, 15) is 9.90 Å². The number of hydrogen-bond acceptors (Lipinski definition) is 5. The highest BCUT2D eigenvalue weighted by atomic mass is 16.3. The normalized spacial score (nSPS) is 20.8. The van der Waals surface area contributed by atoms with Gasteiger partial charge in [0.2, 0.25) is 0 Å². The number of nitrogens with zero attached hydrogens (tertiary/aromatic N) is 6. The van der Waals surface area contributed by atoms with Gasteiger partial charge in [-0.05, 0) is 42.1 Å². The second-order valence-electron chi connectivity index (χ2n) is 6.14. The third-order valence-corrected chi connectivity index (χ3v) is 4.59. The maximum atomic E-state index is 12.3. The number of azide groups is 1. The minimum Gasteiger partial charge on any atom is -0.391 e. The zero-order chi connectivity index (χ0) is 17.8. The van der Waals surface area contributed by atoms with Gasteiger partial charge in [-0.15, -0.1) is 0 Å². The first-order valence-corrected chi connectivity index (χ1v) is 8.10. The fourth-order valence-electron chi connectivity index (χ4n) is 3.22. The van der Waals surface area contributed by atoms with Crippen molar-refractivity contribution in [1.82, 2.24) is 9.47 Å². The number of fused-ring (bicyclic) bond motifs is 1. The number of aliphatic hydroxyl groups is 1. The van der Waals surface area contributed by atoms with Crippen molar-refractivity contribution in [2.24, 2.45) is 5.11 Å². The zero-order valence-electron chi connectivity index (χ0n) is 13.6. The Balaban J connectivity index is 1.78. The summed E-state index contributed by atoms with van der Waals surface area (Å²) in [6, 6.07) is 10.3. The third kappa shape index (κ3) is 3.64. The van der Waals surface area contributed by atoms with Gasteiger partial charge < -0.3 is 9.67 Å². The molecule has 3 rings (SSSR count). The molecular weight excluding hydrogens is 320 g/mol. The summed E-state index contributed by atoms with van der Waals surface area (Å²) in [5.74, 6) is 0. The summed E-state index contributed by atoms with van der Waals surface area (Å²) in [4.78, 5) is 17.1. The van der Waals surface area contributed by atoms with E-state index in [0.29, 0.717) is 38.2 Å². The number of aliphatic hydroxyl groups excluding tert-OH is 1. The molecule has 0 bridgehead atoms. The number of pyridine rings is 1. The van der Waals surface area contributed by atoms with Crippen LogP contribution >= 0.6 is 0 Å². The molecule has 2 aromatic rings. The topological polar surface area (TPSA) is 118 Å². The Hall–Kier alpha value is -2.85. The number of benzene rings is 1. The second-order valence-corrected chi connectivity index (χ2v) is 6.14. The van der Waals surface area contributed by atoms with E-state index < -0.39 is 6.10 Å². The Bertz CT molecular complexity index is 925. The quantitative estimate of drug-likeness (QED) is 0.517. The number of likely N-dealkylation sites (tertiary alicyclic amines) is 1. The lowest BCUT2D eigenvalue weighted by Gasteiger charge is -2.33. The van der Waals surface area contributed by atoms with Crippen molar-refractivity contribution in [2.45, 2.75) is 25.1 Å². The average molecular weight is 338 g/mol. The molecule has 2 heterocycles. The summed E-state index contributed by atoms with van der Waals surface area (Å²) < 4.78 is 1.65. The van der Waals surface area contributed by atoms with Crippen molar-refractivity contribution in [3.8, 4) is 6.07 Å². The fraction of sp³-hybridized carbons (Fsp3) is 0.412. The van der Waals surface area contributed by atoms with E-state index in [1.54, 1.807) is 22.8 Å². The molecule has 0 aliphatic carbocycles. The molecule has 128 valence electrons. The first kappa shape index (κ1) is 17.0. The van der Waals surface area contributed by atoms with Crippen molar-refractivity contribution in [3.63, 3.8) is 0 Å². The standard InChI is InChI=1S/C17H18N6O2/c18-10-12-1-2-13-3-4-17(25)23(15(13)9-12)8-7-22-6-5-14(20-21-19)16(24)11-22/h1-4,9,14,16,24H,5-8,11H2/t14-,16+/m1/s1. The van der Waals surface area contributed by atoms with Crippen LogP contribution in [-0.4, -0.2) is 46.4 Å². The summed E-state index contributed by atoms with van der Waals surface area (Å²) in [6.07, 6.45) is -0.104. The molecule has 1 fully saturated rings. The summed E-state index contributed by atoms with van der Waals surface area (Å²) in [5, 5.41) is 23.6. The molecule has 0 saturated carbocycles. The Labute approximate surface area is 144 Å². The van der Waals surface area contributed by atoms with Gasteiger partial charge in [0.05, 0.1) is 29.3 Å². The molecule has 1 aromatic heterocycles. The lowest BCUT2D eigenvalue weighted by atomic mass is 10.0. The van der Waals surface area contributed by atoms with Crippen molar-refractivity contribution < 1.29 is 5.11 Å². The van der Waals surface area contributed by atoms with E-state index in [2.05, 4.69) is 16.1 Å². The maximum Gasteiger partial charge on any atom is 0.251 e. The Morgan fingerprint density at radius 3 is 2.88 bits per heavy atom. The van der Waals surface area contributed by atoms with Crippen LogP contribution in [0.4, 0.5) is 0 Å². The van der Waals surface area contributed by atoms with Gasteiger partial charge in [-0.3, -0.25) is 9.69 Å². The summed E-state index contributed by atoms with van der Waals surface area (Å²) in [6.45, 7) is 2.16. The van der Waals surface area contributed by atoms with E-state index in [1.165, 1.54) is 6.07 Å². The maximum absolute atomic E-state index is 12.3. The van der Waals surface area contributed by atoms with Crippen molar-refractivity contribution in [2.75, 3.05) is 19.6 Å². The molecule has 1 N–H and O–H groups in total. The van der Waals surface area contributed by atoms with Crippen molar-refractivity contribution in [3.05, 3.63) is 56.7 Å². The number of rotatable bonds is 4. The predicted molar refractivity (Wildman–Crippen MR) is 92.9 cm³/mol. The molecular formula is C17H18N6O2. The number of aromatic nitrogens is 1. The molecule has 25 heavy (non-hydrogen) atoms. The lowest BCUT2D eigenvalue weighted by molar-refractivity contribution is 0.0522. The van der Waals surface area contributed by atoms with Crippen LogP contribution in [0.2, 0.25) is 0 Å². The predicted octanol–water partition coefficient (Wildman–Crippen LogP) is 1.62. The van der Waals surface area contributed by atoms with Gasteiger partial charge in [-0.1, -0.05) is 11.2 Å². The minimum atomic E-state index is -0.695. The largest absolute Gasteiger partial charge is 0.391 e. The highest BCUT2D eigenvalue weighted by Gasteiger charge is 2.26. The molecule has 0 unspecified atom stereocenters. The summed E-state index contributed by atoms with van der Waals surface area (Å²) in [7, 11) is 0. The van der Waals surface area contributed by atoms with E-state index >= 15 is 0 Å². The molecule has 1 aliphatic rings. The van der Waals surface area contributed by atoms with Crippen LogP contribution in [-0.2, 0) is 6.54 Å². The number of nitriles is 1. The highest BCUT2D eigenvalue weighted by Crippen LogP contribution is 2.16. The molecule has 8 heteroatoms. The van der Waals surface area contributed by atoms with Crippen molar-refractivity contribution >= 4 is 10.9 Å². The molecule has 0 radical (unpaired) electrons. The van der Waals surface area contributed by atoms with Crippen LogP contribution in [0.5, 0.6) is 0 Å². The molecule has 0 spiro atoms. The molecule has 2 atom stereocenters. The Morgan fingerprint density at radius 2 is 2.16 bits per heavy atom. The van der Waals surface area contributed by atoms with Crippen LogP contribution in [0.3, 0.4) is 0 Å².